The monoisotopic (exact) mass is 196 g/mol. The molecule has 0 bridgehead atoms. The zero-order valence-corrected chi connectivity index (χ0v) is 8.56. The highest BCUT2D eigenvalue weighted by Crippen LogP contribution is 1.98. The van der Waals surface area contributed by atoms with Crippen LogP contribution in [0.3, 0.4) is 0 Å². The van der Waals surface area contributed by atoms with Gasteiger partial charge in [0.05, 0.1) is 18.5 Å². The molecule has 0 rings (SSSR count). The maximum absolute atomic E-state index is 11.0. The molecule has 4 nitrogen and oxygen atoms in total. The third-order valence-electron chi connectivity index (χ3n) is 1.02. The highest BCUT2D eigenvalue weighted by molar-refractivity contribution is 7.86. The van der Waals surface area contributed by atoms with E-state index in [4.69, 9.17) is 4.74 Å². The van der Waals surface area contributed by atoms with Crippen LogP contribution in [0.2, 0.25) is 0 Å². The van der Waals surface area contributed by atoms with Crippen molar-refractivity contribution in [2.75, 3.05) is 19.0 Å². The Morgan fingerprint density at radius 1 is 1.33 bits per heavy atom. The summed E-state index contributed by atoms with van der Waals surface area (Å²) in [5, 5.41) is 0. The number of rotatable bonds is 6. The second-order valence-electron chi connectivity index (χ2n) is 2.60. The lowest BCUT2D eigenvalue weighted by atomic mass is 10.5. The van der Waals surface area contributed by atoms with Crippen molar-refractivity contribution >= 4 is 10.1 Å². The fourth-order valence-electron chi connectivity index (χ4n) is 0.647. The third kappa shape index (κ3) is 6.57. The summed E-state index contributed by atoms with van der Waals surface area (Å²) in [6.45, 7) is 5.90. The van der Waals surface area contributed by atoms with Crippen molar-refractivity contribution in [2.45, 2.75) is 26.9 Å². The Kier molecular flexibility index (Phi) is 5.44. The fraction of sp³-hybridized carbons (Fsp3) is 1.00. The van der Waals surface area contributed by atoms with Crippen molar-refractivity contribution in [3.63, 3.8) is 0 Å². The first-order chi connectivity index (χ1) is 5.48. The van der Waals surface area contributed by atoms with Crippen LogP contribution >= 0.6 is 0 Å². The van der Waals surface area contributed by atoms with E-state index >= 15 is 0 Å². The van der Waals surface area contributed by atoms with Gasteiger partial charge in [-0.05, 0) is 20.8 Å². The van der Waals surface area contributed by atoms with E-state index in [0.717, 1.165) is 0 Å². The minimum Gasteiger partial charge on any atom is -0.381 e. The molecule has 0 aromatic rings. The average Bonchev–Trinajstić information content (AvgIpc) is 1.84. The van der Waals surface area contributed by atoms with E-state index in [1.165, 1.54) is 0 Å². The quantitative estimate of drug-likeness (QED) is 0.465. The van der Waals surface area contributed by atoms with E-state index in [2.05, 4.69) is 4.18 Å². The summed E-state index contributed by atoms with van der Waals surface area (Å²) in [5.41, 5.74) is 0. The van der Waals surface area contributed by atoms with Gasteiger partial charge in [0.2, 0.25) is 0 Å². The second-order valence-corrected chi connectivity index (χ2v) is 4.32. The molecular weight excluding hydrogens is 180 g/mol. The molecule has 0 heterocycles. The topological polar surface area (TPSA) is 52.6 Å². The molecule has 0 aliphatic carbocycles. The number of ether oxygens (including phenoxy) is 1. The predicted molar refractivity (Wildman–Crippen MR) is 46.5 cm³/mol. The van der Waals surface area contributed by atoms with Crippen LogP contribution in [0.4, 0.5) is 0 Å². The van der Waals surface area contributed by atoms with E-state index < -0.39 is 10.1 Å². The summed E-state index contributed by atoms with van der Waals surface area (Å²) < 4.78 is 31.6. The molecule has 0 fully saturated rings. The van der Waals surface area contributed by atoms with Gasteiger partial charge in [-0.25, -0.2) is 0 Å². The van der Waals surface area contributed by atoms with E-state index in [-0.39, 0.29) is 18.5 Å². The van der Waals surface area contributed by atoms with Crippen LogP contribution in [0.1, 0.15) is 20.8 Å². The minimum atomic E-state index is -3.38. The molecule has 0 aliphatic heterocycles. The maximum atomic E-state index is 11.0. The fourth-order valence-corrected chi connectivity index (χ4v) is 1.65. The van der Waals surface area contributed by atoms with Crippen LogP contribution in [-0.2, 0) is 19.0 Å². The van der Waals surface area contributed by atoms with Gasteiger partial charge in [0.25, 0.3) is 10.1 Å². The van der Waals surface area contributed by atoms with Gasteiger partial charge < -0.3 is 4.74 Å². The summed E-state index contributed by atoms with van der Waals surface area (Å²) in [5.74, 6) is -0.0704. The molecule has 5 heteroatoms. The van der Waals surface area contributed by atoms with Crippen LogP contribution in [0.5, 0.6) is 0 Å². The van der Waals surface area contributed by atoms with E-state index in [9.17, 15) is 8.42 Å². The standard InChI is InChI=1S/C7H16O4S/c1-4-10-5-6-12(8,9)11-7(2)3/h7H,4-6H2,1-3H3. The first-order valence-corrected chi connectivity index (χ1v) is 5.54. The average molecular weight is 196 g/mol. The van der Waals surface area contributed by atoms with Crippen LogP contribution < -0.4 is 0 Å². The lowest BCUT2D eigenvalue weighted by Gasteiger charge is -2.07. The minimum absolute atomic E-state index is 0.0704. The van der Waals surface area contributed by atoms with Crippen LogP contribution in [0.15, 0.2) is 0 Å². The molecule has 0 aromatic carbocycles. The van der Waals surface area contributed by atoms with Gasteiger partial charge in [0, 0.05) is 6.61 Å². The van der Waals surface area contributed by atoms with Gasteiger partial charge in [-0.3, -0.25) is 4.18 Å². The van der Waals surface area contributed by atoms with Crippen molar-refractivity contribution < 1.29 is 17.3 Å². The van der Waals surface area contributed by atoms with Crippen molar-refractivity contribution in [1.82, 2.24) is 0 Å². The molecule has 0 aliphatic rings. The largest absolute Gasteiger partial charge is 0.381 e. The van der Waals surface area contributed by atoms with Crippen LogP contribution in [0, 0.1) is 0 Å². The zero-order chi connectivity index (χ0) is 9.61. The molecule has 0 aromatic heterocycles. The van der Waals surface area contributed by atoms with E-state index in [0.29, 0.717) is 6.61 Å². The van der Waals surface area contributed by atoms with Crippen LogP contribution in [-0.4, -0.2) is 33.5 Å². The van der Waals surface area contributed by atoms with Gasteiger partial charge in [-0.2, -0.15) is 8.42 Å². The number of hydrogen-bond donors (Lipinski definition) is 0. The van der Waals surface area contributed by atoms with Gasteiger partial charge in [-0.1, -0.05) is 0 Å². The van der Waals surface area contributed by atoms with Crippen molar-refractivity contribution in [2.24, 2.45) is 0 Å². The van der Waals surface area contributed by atoms with Gasteiger partial charge in [0.15, 0.2) is 0 Å². The molecule has 0 radical (unpaired) electrons. The van der Waals surface area contributed by atoms with E-state index in [1.807, 2.05) is 6.92 Å². The van der Waals surface area contributed by atoms with Crippen molar-refractivity contribution in [3.05, 3.63) is 0 Å². The van der Waals surface area contributed by atoms with Gasteiger partial charge >= 0.3 is 0 Å². The van der Waals surface area contributed by atoms with E-state index in [1.54, 1.807) is 13.8 Å². The predicted octanol–water partition coefficient (Wildman–Crippen LogP) is 0.778. The summed E-state index contributed by atoms with van der Waals surface area (Å²) in [6, 6.07) is 0. The summed E-state index contributed by atoms with van der Waals surface area (Å²) >= 11 is 0. The maximum Gasteiger partial charge on any atom is 0.269 e. The summed E-state index contributed by atoms with van der Waals surface area (Å²) in [7, 11) is -3.38. The molecule has 0 unspecified atom stereocenters. The summed E-state index contributed by atoms with van der Waals surface area (Å²) in [6.07, 6.45) is -0.295. The highest BCUT2D eigenvalue weighted by atomic mass is 32.2. The Hall–Kier alpha value is -0.130. The summed E-state index contributed by atoms with van der Waals surface area (Å²) in [4.78, 5) is 0. The molecule has 74 valence electrons. The smallest absolute Gasteiger partial charge is 0.269 e. The molecule has 0 N–H and O–H groups in total. The van der Waals surface area contributed by atoms with Crippen molar-refractivity contribution in [1.29, 1.82) is 0 Å². The van der Waals surface area contributed by atoms with Crippen LogP contribution in [0.25, 0.3) is 0 Å². The van der Waals surface area contributed by atoms with Gasteiger partial charge in [-0.15, -0.1) is 0 Å². The SMILES string of the molecule is CCOCCS(=O)(=O)OC(C)C. The Morgan fingerprint density at radius 3 is 2.33 bits per heavy atom. The third-order valence-corrected chi connectivity index (χ3v) is 2.37. The first kappa shape index (κ1) is 11.9. The Labute approximate surface area is 74.0 Å². The second kappa shape index (κ2) is 5.50. The Morgan fingerprint density at radius 2 is 1.92 bits per heavy atom. The van der Waals surface area contributed by atoms with Gasteiger partial charge in [0.1, 0.15) is 0 Å². The molecule has 0 saturated heterocycles. The first-order valence-electron chi connectivity index (χ1n) is 3.96. The highest BCUT2D eigenvalue weighted by Gasteiger charge is 2.12. The molecule has 0 spiro atoms. The lowest BCUT2D eigenvalue weighted by Crippen LogP contribution is -2.18. The normalized spacial score (nSPS) is 12.3. The Bertz CT molecular complexity index is 195. The molecular formula is C7H16O4S. The molecule has 0 atom stereocenters. The molecule has 0 saturated carbocycles. The molecule has 0 amide bonds. The lowest BCUT2D eigenvalue weighted by molar-refractivity contribution is 0.159. The zero-order valence-electron chi connectivity index (χ0n) is 7.74. The molecule has 12 heavy (non-hydrogen) atoms. The van der Waals surface area contributed by atoms with Crippen molar-refractivity contribution in [3.8, 4) is 0 Å². The number of hydrogen-bond acceptors (Lipinski definition) is 4. The Balaban J connectivity index is 3.73.